The van der Waals surface area contributed by atoms with Gasteiger partial charge in [-0.05, 0) is 37.5 Å². The van der Waals surface area contributed by atoms with Crippen molar-refractivity contribution in [2.75, 3.05) is 23.4 Å². The molecule has 0 aromatic heterocycles. The summed E-state index contributed by atoms with van der Waals surface area (Å²) in [6, 6.07) is 5.45. The van der Waals surface area contributed by atoms with Crippen molar-refractivity contribution in [3.63, 3.8) is 0 Å². The summed E-state index contributed by atoms with van der Waals surface area (Å²) in [5.41, 5.74) is 1.44. The van der Waals surface area contributed by atoms with Gasteiger partial charge in [-0.3, -0.25) is 9.59 Å². The van der Waals surface area contributed by atoms with E-state index in [-0.39, 0.29) is 24.3 Å². The van der Waals surface area contributed by atoms with Gasteiger partial charge in [0.25, 0.3) is 5.91 Å². The van der Waals surface area contributed by atoms with E-state index >= 15 is 0 Å². The molecule has 0 bridgehead atoms. The lowest BCUT2D eigenvalue weighted by molar-refractivity contribution is -0.121. The van der Waals surface area contributed by atoms with E-state index in [1.54, 1.807) is 4.90 Å². The number of anilines is 2. The van der Waals surface area contributed by atoms with Gasteiger partial charge < -0.3 is 15.0 Å². The first-order valence-electron chi connectivity index (χ1n) is 7.98. The minimum Gasteiger partial charge on any atom is -0.482 e. The molecule has 22 heavy (non-hydrogen) atoms. The molecule has 0 atom stereocenters. The van der Waals surface area contributed by atoms with Gasteiger partial charge in [-0.15, -0.1) is 0 Å². The second-order valence-electron chi connectivity index (χ2n) is 5.52. The fourth-order valence-corrected chi connectivity index (χ4v) is 2.65. The minimum absolute atomic E-state index is 0.0145. The predicted octanol–water partition coefficient (Wildman–Crippen LogP) is 3.20. The van der Waals surface area contributed by atoms with Crippen LogP contribution in [0.1, 0.15) is 40.0 Å². The van der Waals surface area contributed by atoms with Crippen LogP contribution in [-0.2, 0) is 9.59 Å². The molecule has 120 valence electrons. The van der Waals surface area contributed by atoms with Crippen LogP contribution in [0.5, 0.6) is 5.75 Å². The Hall–Kier alpha value is -2.04. The van der Waals surface area contributed by atoms with Crippen molar-refractivity contribution in [3.05, 3.63) is 18.2 Å². The SMILES string of the molecule is CCCN1C(=O)COc2ccc(NC(=O)C(CC)CC)cc21. The van der Waals surface area contributed by atoms with Gasteiger partial charge in [-0.25, -0.2) is 0 Å². The molecule has 2 rings (SSSR count). The molecule has 0 aliphatic carbocycles. The molecule has 1 heterocycles. The number of nitrogens with one attached hydrogen (secondary N) is 1. The molecule has 5 heteroatoms. The summed E-state index contributed by atoms with van der Waals surface area (Å²) in [4.78, 5) is 25.9. The van der Waals surface area contributed by atoms with Crippen LogP contribution in [0.15, 0.2) is 18.2 Å². The van der Waals surface area contributed by atoms with Crippen molar-refractivity contribution in [1.29, 1.82) is 0 Å². The summed E-state index contributed by atoms with van der Waals surface area (Å²) in [7, 11) is 0. The maximum Gasteiger partial charge on any atom is 0.265 e. The monoisotopic (exact) mass is 304 g/mol. The highest BCUT2D eigenvalue weighted by atomic mass is 16.5. The van der Waals surface area contributed by atoms with E-state index in [1.165, 1.54) is 0 Å². The summed E-state index contributed by atoms with van der Waals surface area (Å²) in [6.45, 7) is 6.78. The van der Waals surface area contributed by atoms with Gasteiger partial charge in [0.1, 0.15) is 5.75 Å². The highest BCUT2D eigenvalue weighted by Crippen LogP contribution is 2.34. The number of hydrogen-bond acceptors (Lipinski definition) is 3. The predicted molar refractivity (Wildman–Crippen MR) is 87.3 cm³/mol. The zero-order chi connectivity index (χ0) is 16.1. The average Bonchev–Trinajstić information content (AvgIpc) is 2.51. The molecule has 5 nitrogen and oxygen atoms in total. The van der Waals surface area contributed by atoms with Crippen molar-refractivity contribution in [3.8, 4) is 5.75 Å². The summed E-state index contributed by atoms with van der Waals surface area (Å²) in [5, 5.41) is 2.94. The normalized spacial score (nSPS) is 13.8. The van der Waals surface area contributed by atoms with Gasteiger partial charge in [-0.2, -0.15) is 0 Å². The maximum atomic E-state index is 12.2. The Balaban J connectivity index is 2.22. The molecule has 0 saturated heterocycles. The molecule has 1 N–H and O–H groups in total. The zero-order valence-electron chi connectivity index (χ0n) is 13.5. The van der Waals surface area contributed by atoms with Gasteiger partial charge in [-0.1, -0.05) is 20.8 Å². The largest absolute Gasteiger partial charge is 0.482 e. The standard InChI is InChI=1S/C17H24N2O3/c1-4-9-19-14-10-13(18-17(21)12(5-2)6-3)7-8-15(14)22-11-16(19)20/h7-8,10,12H,4-6,9,11H2,1-3H3,(H,18,21). The molecule has 0 fully saturated rings. The Labute approximate surface area is 131 Å². The third-order valence-corrected chi connectivity index (χ3v) is 3.97. The molecule has 0 radical (unpaired) electrons. The van der Waals surface area contributed by atoms with Crippen LogP contribution in [0, 0.1) is 5.92 Å². The highest BCUT2D eigenvalue weighted by Gasteiger charge is 2.25. The topological polar surface area (TPSA) is 58.6 Å². The number of rotatable bonds is 6. The summed E-state index contributed by atoms with van der Waals surface area (Å²) >= 11 is 0. The second-order valence-corrected chi connectivity index (χ2v) is 5.52. The molecular weight excluding hydrogens is 280 g/mol. The number of fused-ring (bicyclic) bond motifs is 1. The van der Waals surface area contributed by atoms with Crippen molar-refractivity contribution in [1.82, 2.24) is 0 Å². The Morgan fingerprint density at radius 2 is 2.05 bits per heavy atom. The molecular formula is C17H24N2O3. The van der Waals surface area contributed by atoms with Gasteiger partial charge in [0, 0.05) is 18.2 Å². The molecule has 0 saturated carbocycles. The zero-order valence-corrected chi connectivity index (χ0v) is 13.5. The molecule has 0 spiro atoms. The molecule has 1 aliphatic rings. The number of hydrogen-bond donors (Lipinski definition) is 1. The summed E-state index contributed by atoms with van der Waals surface area (Å²) in [6.07, 6.45) is 2.50. The van der Waals surface area contributed by atoms with Gasteiger partial charge in [0.15, 0.2) is 6.61 Å². The van der Waals surface area contributed by atoms with Crippen LogP contribution in [0.25, 0.3) is 0 Å². The van der Waals surface area contributed by atoms with E-state index in [4.69, 9.17) is 4.74 Å². The maximum absolute atomic E-state index is 12.2. The third-order valence-electron chi connectivity index (χ3n) is 3.97. The van der Waals surface area contributed by atoms with Crippen LogP contribution < -0.4 is 15.0 Å². The van der Waals surface area contributed by atoms with Crippen LogP contribution in [-0.4, -0.2) is 25.0 Å². The van der Waals surface area contributed by atoms with Crippen molar-refractivity contribution < 1.29 is 14.3 Å². The highest BCUT2D eigenvalue weighted by molar-refractivity contribution is 5.99. The van der Waals surface area contributed by atoms with Crippen molar-refractivity contribution >= 4 is 23.2 Å². The lowest BCUT2D eigenvalue weighted by Crippen LogP contribution is -2.39. The van der Waals surface area contributed by atoms with Crippen LogP contribution in [0.2, 0.25) is 0 Å². The number of nitrogens with zero attached hydrogens (tertiary/aromatic N) is 1. The summed E-state index contributed by atoms with van der Waals surface area (Å²) < 4.78 is 5.46. The van der Waals surface area contributed by atoms with Gasteiger partial charge in [0.05, 0.1) is 5.69 Å². The fraction of sp³-hybridized carbons (Fsp3) is 0.529. The Bertz CT molecular complexity index is 553. The lowest BCUT2D eigenvalue weighted by atomic mass is 10.0. The van der Waals surface area contributed by atoms with Crippen molar-refractivity contribution in [2.45, 2.75) is 40.0 Å². The third kappa shape index (κ3) is 3.40. The Kier molecular flexibility index (Phi) is 5.41. The van der Waals surface area contributed by atoms with E-state index < -0.39 is 0 Å². The number of benzene rings is 1. The van der Waals surface area contributed by atoms with Crippen LogP contribution in [0.4, 0.5) is 11.4 Å². The smallest absolute Gasteiger partial charge is 0.265 e. The Morgan fingerprint density at radius 1 is 1.32 bits per heavy atom. The molecule has 2 amide bonds. The molecule has 1 aromatic rings. The Morgan fingerprint density at radius 3 is 2.68 bits per heavy atom. The minimum atomic E-state index is -0.0437. The number of ether oxygens (including phenoxy) is 1. The first-order chi connectivity index (χ1) is 10.6. The van der Waals surface area contributed by atoms with Crippen molar-refractivity contribution in [2.24, 2.45) is 5.92 Å². The average molecular weight is 304 g/mol. The van der Waals surface area contributed by atoms with Crippen LogP contribution in [0.3, 0.4) is 0 Å². The quantitative estimate of drug-likeness (QED) is 0.878. The van der Waals surface area contributed by atoms with E-state index in [1.807, 2.05) is 39.0 Å². The van der Waals surface area contributed by atoms with Gasteiger partial charge in [0.2, 0.25) is 5.91 Å². The van der Waals surface area contributed by atoms with E-state index in [0.717, 1.165) is 24.9 Å². The first kappa shape index (κ1) is 16.3. The number of amides is 2. The number of carbonyl (C=O) groups excluding carboxylic acids is 2. The van der Waals surface area contributed by atoms with E-state index in [2.05, 4.69) is 5.32 Å². The number of carbonyl (C=O) groups is 2. The summed E-state index contributed by atoms with van der Waals surface area (Å²) in [5.74, 6) is 0.683. The fourth-order valence-electron chi connectivity index (χ4n) is 2.65. The van der Waals surface area contributed by atoms with Crippen LogP contribution >= 0.6 is 0 Å². The molecule has 0 unspecified atom stereocenters. The first-order valence-corrected chi connectivity index (χ1v) is 7.98. The van der Waals surface area contributed by atoms with E-state index in [9.17, 15) is 9.59 Å². The molecule has 1 aliphatic heterocycles. The van der Waals surface area contributed by atoms with Gasteiger partial charge >= 0.3 is 0 Å². The second kappa shape index (κ2) is 7.29. The van der Waals surface area contributed by atoms with E-state index in [0.29, 0.717) is 18.0 Å². The lowest BCUT2D eigenvalue weighted by Gasteiger charge is -2.29. The molecule has 1 aromatic carbocycles.